The van der Waals surface area contributed by atoms with Gasteiger partial charge in [0, 0.05) is 18.2 Å². The number of rotatable bonds is 10. The summed E-state index contributed by atoms with van der Waals surface area (Å²) in [5.74, 6) is 1.65. The van der Waals surface area contributed by atoms with Gasteiger partial charge in [-0.3, -0.25) is 0 Å². The predicted molar refractivity (Wildman–Crippen MR) is 88.8 cm³/mol. The summed E-state index contributed by atoms with van der Waals surface area (Å²) in [6.45, 7) is 11.2. The number of benzene rings is 1. The van der Waals surface area contributed by atoms with Gasteiger partial charge in [0.05, 0.1) is 13.7 Å². The molecule has 0 fully saturated rings. The van der Waals surface area contributed by atoms with Crippen molar-refractivity contribution < 1.29 is 9.47 Å². The highest BCUT2D eigenvalue weighted by molar-refractivity contribution is 5.38. The van der Waals surface area contributed by atoms with E-state index < -0.39 is 0 Å². The van der Waals surface area contributed by atoms with Crippen molar-refractivity contribution in [1.29, 1.82) is 0 Å². The molecule has 0 heterocycles. The van der Waals surface area contributed by atoms with Crippen molar-refractivity contribution >= 4 is 0 Å². The highest BCUT2D eigenvalue weighted by Crippen LogP contribution is 2.24. The van der Waals surface area contributed by atoms with Gasteiger partial charge < -0.3 is 14.8 Å². The van der Waals surface area contributed by atoms with Crippen LogP contribution in [0, 0.1) is 5.92 Å². The first kappa shape index (κ1) is 18.0. The fraction of sp³-hybridized carbons (Fsp3) is 0.667. The van der Waals surface area contributed by atoms with Crippen LogP contribution in [0.1, 0.15) is 57.7 Å². The largest absolute Gasteiger partial charge is 0.496 e. The molecule has 21 heavy (non-hydrogen) atoms. The Morgan fingerprint density at radius 1 is 1.19 bits per heavy atom. The fourth-order valence-corrected chi connectivity index (χ4v) is 2.38. The summed E-state index contributed by atoms with van der Waals surface area (Å²) >= 11 is 0. The molecule has 0 amide bonds. The van der Waals surface area contributed by atoms with Gasteiger partial charge in [0.15, 0.2) is 0 Å². The van der Waals surface area contributed by atoms with E-state index in [0.717, 1.165) is 36.8 Å². The van der Waals surface area contributed by atoms with Crippen molar-refractivity contribution in [2.24, 2.45) is 5.92 Å². The van der Waals surface area contributed by atoms with Gasteiger partial charge in [0.1, 0.15) is 5.75 Å². The standard InChI is InChI=1S/C18H31NO2/c1-6-19-15(4)16-9-10-18(20-5)17(12-16)13-21-11-7-8-14(2)3/h9-10,12,14-15,19H,6-8,11,13H2,1-5H3. The molecular weight excluding hydrogens is 262 g/mol. The summed E-state index contributed by atoms with van der Waals surface area (Å²) in [5.41, 5.74) is 2.41. The van der Waals surface area contributed by atoms with Crippen LogP contribution >= 0.6 is 0 Å². The van der Waals surface area contributed by atoms with Gasteiger partial charge in [0.2, 0.25) is 0 Å². The summed E-state index contributed by atoms with van der Waals surface area (Å²) in [6.07, 6.45) is 2.34. The molecule has 0 bridgehead atoms. The minimum Gasteiger partial charge on any atom is -0.496 e. The quantitative estimate of drug-likeness (QED) is 0.652. The van der Waals surface area contributed by atoms with E-state index in [4.69, 9.17) is 9.47 Å². The molecule has 0 radical (unpaired) electrons. The van der Waals surface area contributed by atoms with E-state index in [1.165, 1.54) is 12.0 Å². The third-order valence-electron chi connectivity index (χ3n) is 3.64. The summed E-state index contributed by atoms with van der Waals surface area (Å²) < 4.78 is 11.2. The molecule has 0 saturated carbocycles. The van der Waals surface area contributed by atoms with Gasteiger partial charge in [-0.15, -0.1) is 0 Å². The Labute approximate surface area is 130 Å². The van der Waals surface area contributed by atoms with E-state index >= 15 is 0 Å². The smallest absolute Gasteiger partial charge is 0.124 e. The third kappa shape index (κ3) is 6.49. The molecule has 0 aliphatic rings. The first-order valence-electron chi connectivity index (χ1n) is 8.06. The van der Waals surface area contributed by atoms with Crippen LogP contribution in [-0.4, -0.2) is 20.3 Å². The molecule has 120 valence electrons. The first-order chi connectivity index (χ1) is 10.1. The zero-order valence-electron chi connectivity index (χ0n) is 14.2. The average molecular weight is 293 g/mol. The summed E-state index contributed by atoms with van der Waals surface area (Å²) in [4.78, 5) is 0. The lowest BCUT2D eigenvalue weighted by Crippen LogP contribution is -2.17. The number of methoxy groups -OCH3 is 1. The lowest BCUT2D eigenvalue weighted by atomic mass is 10.0. The molecule has 1 rings (SSSR count). The third-order valence-corrected chi connectivity index (χ3v) is 3.64. The lowest BCUT2D eigenvalue weighted by molar-refractivity contribution is 0.113. The Kier molecular flexibility index (Phi) is 8.40. The molecule has 1 atom stereocenters. The van der Waals surface area contributed by atoms with Crippen molar-refractivity contribution in [3.8, 4) is 5.75 Å². The van der Waals surface area contributed by atoms with Gasteiger partial charge in [-0.05, 0) is 49.9 Å². The van der Waals surface area contributed by atoms with Gasteiger partial charge >= 0.3 is 0 Å². The number of nitrogens with one attached hydrogen (secondary N) is 1. The maximum Gasteiger partial charge on any atom is 0.124 e. The van der Waals surface area contributed by atoms with Gasteiger partial charge in [-0.1, -0.05) is 26.8 Å². The highest BCUT2D eigenvalue weighted by atomic mass is 16.5. The minimum absolute atomic E-state index is 0.348. The number of hydrogen-bond donors (Lipinski definition) is 1. The molecule has 1 aromatic rings. The van der Waals surface area contributed by atoms with Gasteiger partial charge in [-0.25, -0.2) is 0 Å². The molecule has 3 heteroatoms. The Bertz CT molecular complexity index is 404. The number of hydrogen-bond acceptors (Lipinski definition) is 3. The van der Waals surface area contributed by atoms with Crippen LogP contribution in [-0.2, 0) is 11.3 Å². The number of ether oxygens (including phenoxy) is 2. The van der Waals surface area contributed by atoms with Crippen LogP contribution in [0.25, 0.3) is 0 Å². The fourth-order valence-electron chi connectivity index (χ4n) is 2.38. The Hall–Kier alpha value is -1.06. The zero-order chi connectivity index (χ0) is 15.7. The monoisotopic (exact) mass is 293 g/mol. The van der Waals surface area contributed by atoms with E-state index in [0.29, 0.717) is 12.6 Å². The molecule has 0 saturated heterocycles. The van der Waals surface area contributed by atoms with E-state index in [9.17, 15) is 0 Å². The van der Waals surface area contributed by atoms with Crippen LogP contribution < -0.4 is 10.1 Å². The molecule has 1 unspecified atom stereocenters. The van der Waals surface area contributed by atoms with Crippen molar-refractivity contribution in [3.05, 3.63) is 29.3 Å². The van der Waals surface area contributed by atoms with E-state index in [2.05, 4.69) is 45.1 Å². The van der Waals surface area contributed by atoms with E-state index in [1.807, 2.05) is 6.07 Å². The molecule has 3 nitrogen and oxygen atoms in total. The molecule has 0 spiro atoms. The summed E-state index contributed by atoms with van der Waals surface area (Å²) in [7, 11) is 1.71. The second kappa shape index (κ2) is 9.80. The molecule has 0 aliphatic carbocycles. The molecule has 0 aliphatic heterocycles. The molecule has 1 N–H and O–H groups in total. The Morgan fingerprint density at radius 2 is 1.95 bits per heavy atom. The van der Waals surface area contributed by atoms with Crippen LogP contribution in [0.5, 0.6) is 5.75 Å². The lowest BCUT2D eigenvalue weighted by Gasteiger charge is -2.16. The molecule has 0 aromatic heterocycles. The van der Waals surface area contributed by atoms with Crippen LogP contribution in [0.15, 0.2) is 18.2 Å². The summed E-state index contributed by atoms with van der Waals surface area (Å²) in [5, 5.41) is 3.43. The average Bonchev–Trinajstić information content (AvgIpc) is 2.46. The van der Waals surface area contributed by atoms with Crippen LogP contribution in [0.3, 0.4) is 0 Å². The van der Waals surface area contributed by atoms with Crippen molar-refractivity contribution in [3.63, 3.8) is 0 Å². The van der Waals surface area contributed by atoms with Gasteiger partial charge in [0.25, 0.3) is 0 Å². The SMILES string of the molecule is CCNC(C)c1ccc(OC)c(COCCCC(C)C)c1. The topological polar surface area (TPSA) is 30.5 Å². The highest BCUT2D eigenvalue weighted by Gasteiger charge is 2.09. The zero-order valence-corrected chi connectivity index (χ0v) is 14.2. The second-order valence-corrected chi connectivity index (χ2v) is 5.94. The summed E-state index contributed by atoms with van der Waals surface area (Å²) in [6, 6.07) is 6.69. The Balaban J connectivity index is 2.59. The van der Waals surface area contributed by atoms with Gasteiger partial charge in [-0.2, -0.15) is 0 Å². The normalized spacial score (nSPS) is 12.7. The first-order valence-corrected chi connectivity index (χ1v) is 8.06. The van der Waals surface area contributed by atoms with Crippen LogP contribution in [0.4, 0.5) is 0 Å². The maximum absolute atomic E-state index is 5.81. The molecule has 1 aromatic carbocycles. The van der Waals surface area contributed by atoms with E-state index in [-0.39, 0.29) is 0 Å². The van der Waals surface area contributed by atoms with Crippen molar-refractivity contribution in [2.75, 3.05) is 20.3 Å². The molecular formula is C18H31NO2. The van der Waals surface area contributed by atoms with Crippen molar-refractivity contribution in [2.45, 2.75) is 53.2 Å². The minimum atomic E-state index is 0.348. The van der Waals surface area contributed by atoms with Crippen LogP contribution in [0.2, 0.25) is 0 Å². The second-order valence-electron chi connectivity index (χ2n) is 5.94. The van der Waals surface area contributed by atoms with Crippen molar-refractivity contribution in [1.82, 2.24) is 5.32 Å². The predicted octanol–water partition coefficient (Wildman–Crippen LogP) is 4.32. The maximum atomic E-state index is 5.81. The van der Waals surface area contributed by atoms with E-state index in [1.54, 1.807) is 7.11 Å². The Morgan fingerprint density at radius 3 is 2.57 bits per heavy atom.